The van der Waals surface area contributed by atoms with E-state index in [4.69, 9.17) is 10.5 Å². The number of carbonyl (C=O) groups excluding carboxylic acids is 3. The highest BCUT2D eigenvalue weighted by molar-refractivity contribution is 6.46. The molecule has 1 amide bonds. The highest BCUT2D eigenvalue weighted by Gasteiger charge is 2.27. The monoisotopic (exact) mass is 451 g/mol. The number of nitrogens with zero attached hydrogens (tertiary/aromatic N) is 1. The van der Waals surface area contributed by atoms with Gasteiger partial charge in [0.15, 0.2) is 0 Å². The molecule has 1 aliphatic rings. The number of likely N-dealkylation sites (tertiary alicyclic amines) is 1. The van der Waals surface area contributed by atoms with E-state index in [-0.39, 0.29) is 23.8 Å². The zero-order chi connectivity index (χ0) is 23.5. The van der Waals surface area contributed by atoms with Crippen LogP contribution in [-0.4, -0.2) is 54.1 Å². The number of amides is 1. The number of hydrogen-bond donors (Lipinski definition) is 2. The molecule has 2 heterocycles. The molecule has 0 atom stereocenters. The van der Waals surface area contributed by atoms with Gasteiger partial charge in [0.1, 0.15) is 11.6 Å². The second-order valence-corrected chi connectivity index (χ2v) is 8.32. The van der Waals surface area contributed by atoms with Gasteiger partial charge in [0.2, 0.25) is 11.6 Å². The fourth-order valence-electron chi connectivity index (χ4n) is 4.38. The van der Waals surface area contributed by atoms with Gasteiger partial charge in [-0.05, 0) is 48.9 Å². The first-order valence-electron chi connectivity index (χ1n) is 10.9. The van der Waals surface area contributed by atoms with Crippen molar-refractivity contribution in [2.45, 2.75) is 19.3 Å². The van der Waals surface area contributed by atoms with Crippen molar-refractivity contribution in [3.63, 3.8) is 0 Å². The minimum atomic E-state index is -0.692. The number of aromatic amines is 1. The Morgan fingerprint density at radius 2 is 1.82 bits per heavy atom. The van der Waals surface area contributed by atoms with Crippen molar-refractivity contribution in [2.24, 2.45) is 11.7 Å². The molecule has 1 aliphatic heterocycles. The summed E-state index contributed by atoms with van der Waals surface area (Å²) in [7, 11) is 1.49. The van der Waals surface area contributed by atoms with E-state index in [1.54, 1.807) is 29.2 Å². The fraction of sp³-hybridized carbons (Fsp3) is 0.320. The largest absolute Gasteiger partial charge is 0.496 e. The van der Waals surface area contributed by atoms with Crippen molar-refractivity contribution >= 4 is 28.4 Å². The van der Waals surface area contributed by atoms with Gasteiger partial charge in [0.05, 0.1) is 24.8 Å². The Morgan fingerprint density at radius 3 is 2.45 bits per heavy atom. The molecular formula is C25H26FN3O4. The van der Waals surface area contributed by atoms with Crippen molar-refractivity contribution in [1.29, 1.82) is 0 Å². The second-order valence-electron chi connectivity index (χ2n) is 8.32. The lowest BCUT2D eigenvalue weighted by Crippen LogP contribution is -2.39. The lowest BCUT2D eigenvalue weighted by molar-refractivity contribution is -0.113. The van der Waals surface area contributed by atoms with E-state index in [1.807, 2.05) is 0 Å². The van der Waals surface area contributed by atoms with E-state index in [0.29, 0.717) is 41.2 Å². The summed E-state index contributed by atoms with van der Waals surface area (Å²) >= 11 is 0. The molecular weight excluding hydrogens is 425 g/mol. The van der Waals surface area contributed by atoms with Crippen LogP contribution in [0.3, 0.4) is 0 Å². The Bertz CT molecular complexity index is 1190. The highest BCUT2D eigenvalue weighted by Crippen LogP contribution is 2.31. The molecule has 1 fully saturated rings. The molecule has 0 saturated carbocycles. The molecule has 0 bridgehead atoms. The third-order valence-electron chi connectivity index (χ3n) is 6.25. The first kappa shape index (κ1) is 22.7. The average molecular weight is 451 g/mol. The summed E-state index contributed by atoms with van der Waals surface area (Å²) in [5.74, 6) is -0.993. The predicted molar refractivity (Wildman–Crippen MR) is 122 cm³/mol. The number of nitrogens with two attached hydrogens (primary N) is 1. The van der Waals surface area contributed by atoms with Gasteiger partial charge in [-0.15, -0.1) is 0 Å². The number of rotatable bonds is 7. The molecule has 7 nitrogen and oxygen atoms in total. The Morgan fingerprint density at radius 1 is 1.12 bits per heavy atom. The van der Waals surface area contributed by atoms with E-state index in [2.05, 4.69) is 4.98 Å². The Balaban J connectivity index is 1.52. The molecule has 8 heteroatoms. The maximum absolute atomic E-state index is 13.3. The minimum absolute atomic E-state index is 0.182. The number of halogens is 1. The average Bonchev–Trinajstić information content (AvgIpc) is 3.26. The van der Waals surface area contributed by atoms with Gasteiger partial charge < -0.3 is 20.4 Å². The summed E-state index contributed by atoms with van der Waals surface area (Å²) in [5.41, 5.74) is 7.55. The lowest BCUT2D eigenvalue weighted by atomic mass is 9.90. The molecule has 0 radical (unpaired) electrons. The van der Waals surface area contributed by atoms with Crippen molar-refractivity contribution in [1.82, 2.24) is 9.88 Å². The third-order valence-corrected chi connectivity index (χ3v) is 6.25. The molecule has 172 valence electrons. The van der Waals surface area contributed by atoms with E-state index >= 15 is 0 Å². The number of carbonyl (C=O) groups is 3. The van der Waals surface area contributed by atoms with Crippen LogP contribution >= 0.6 is 0 Å². The van der Waals surface area contributed by atoms with E-state index in [1.165, 1.54) is 25.4 Å². The normalized spacial score (nSPS) is 14.5. The predicted octanol–water partition coefficient (Wildman–Crippen LogP) is 3.12. The number of piperidine rings is 1. The van der Waals surface area contributed by atoms with Gasteiger partial charge in [-0.2, -0.15) is 0 Å². The maximum atomic E-state index is 13.3. The number of benzene rings is 2. The summed E-state index contributed by atoms with van der Waals surface area (Å²) in [6, 6.07) is 9.81. The number of ketones is 2. The van der Waals surface area contributed by atoms with Crippen LogP contribution in [0.25, 0.3) is 10.9 Å². The molecule has 0 aliphatic carbocycles. The topological polar surface area (TPSA) is 105 Å². The van der Waals surface area contributed by atoms with Gasteiger partial charge in [0.25, 0.3) is 5.91 Å². The lowest BCUT2D eigenvalue weighted by Gasteiger charge is -2.32. The van der Waals surface area contributed by atoms with Crippen LogP contribution in [0.1, 0.15) is 39.1 Å². The summed E-state index contributed by atoms with van der Waals surface area (Å²) in [4.78, 5) is 42.3. The molecule has 33 heavy (non-hydrogen) atoms. The molecule has 4 rings (SSSR count). The highest BCUT2D eigenvalue weighted by atomic mass is 19.1. The van der Waals surface area contributed by atoms with Crippen molar-refractivity contribution in [3.05, 3.63) is 65.1 Å². The van der Waals surface area contributed by atoms with Crippen LogP contribution < -0.4 is 10.5 Å². The summed E-state index contributed by atoms with van der Waals surface area (Å²) < 4.78 is 18.6. The van der Waals surface area contributed by atoms with E-state index in [0.717, 1.165) is 24.8 Å². The quantitative estimate of drug-likeness (QED) is 0.424. The third kappa shape index (κ3) is 4.66. The fourth-order valence-corrected chi connectivity index (χ4v) is 4.38. The summed E-state index contributed by atoms with van der Waals surface area (Å²) in [6.45, 7) is 0.813. The first-order chi connectivity index (χ1) is 15.9. The number of methoxy groups -OCH3 is 1. The van der Waals surface area contributed by atoms with Crippen LogP contribution in [0.15, 0.2) is 42.6 Å². The van der Waals surface area contributed by atoms with Crippen LogP contribution in [0.2, 0.25) is 0 Å². The SMILES string of the molecule is COc1cc2[nH]cc(C(=O)C(=O)CN)c2cc1C(=O)N1CCC(Cc2ccc(F)cc2)CC1. The van der Waals surface area contributed by atoms with E-state index < -0.39 is 11.6 Å². The van der Waals surface area contributed by atoms with Crippen molar-refractivity contribution in [2.75, 3.05) is 26.7 Å². The second kappa shape index (κ2) is 9.54. The maximum Gasteiger partial charge on any atom is 0.257 e. The Labute approximate surface area is 190 Å². The zero-order valence-corrected chi connectivity index (χ0v) is 18.4. The van der Waals surface area contributed by atoms with Crippen LogP contribution in [0.5, 0.6) is 5.75 Å². The summed E-state index contributed by atoms with van der Waals surface area (Å²) in [5, 5.41) is 0.483. The first-order valence-corrected chi connectivity index (χ1v) is 10.9. The molecule has 1 saturated heterocycles. The Hall–Kier alpha value is -3.52. The van der Waals surface area contributed by atoms with Gasteiger partial charge in [-0.3, -0.25) is 14.4 Å². The standard InChI is InChI=1S/C25H26FN3O4/c1-33-23-12-21-18(20(14-28-21)24(31)22(30)13-27)11-19(23)25(32)29-8-6-16(7-9-29)10-15-2-4-17(26)5-3-15/h2-5,11-12,14,16,28H,6-10,13,27H2,1H3. The number of H-pyrrole nitrogens is 1. The number of Topliss-reactive ketones (excluding diaryl/α,β-unsaturated/α-hetero) is 2. The number of aromatic nitrogens is 1. The Kier molecular flexibility index (Phi) is 6.55. The number of ether oxygens (including phenoxy) is 1. The van der Waals surface area contributed by atoms with Crippen LogP contribution in [-0.2, 0) is 11.2 Å². The number of hydrogen-bond acceptors (Lipinski definition) is 5. The van der Waals surface area contributed by atoms with Gasteiger partial charge in [-0.25, -0.2) is 4.39 Å². The number of fused-ring (bicyclic) bond motifs is 1. The van der Waals surface area contributed by atoms with Gasteiger partial charge >= 0.3 is 0 Å². The van der Waals surface area contributed by atoms with Gasteiger partial charge in [0, 0.05) is 36.3 Å². The van der Waals surface area contributed by atoms with Gasteiger partial charge in [-0.1, -0.05) is 12.1 Å². The number of nitrogens with one attached hydrogen (secondary N) is 1. The van der Waals surface area contributed by atoms with Crippen molar-refractivity contribution in [3.8, 4) is 5.75 Å². The molecule has 0 spiro atoms. The van der Waals surface area contributed by atoms with Crippen molar-refractivity contribution < 1.29 is 23.5 Å². The zero-order valence-electron chi connectivity index (χ0n) is 18.4. The summed E-state index contributed by atoms with van der Waals surface area (Å²) in [6.07, 6.45) is 3.98. The molecule has 0 unspecified atom stereocenters. The molecule has 3 aromatic rings. The van der Waals surface area contributed by atoms with Crippen LogP contribution in [0.4, 0.5) is 4.39 Å². The molecule has 2 aromatic carbocycles. The smallest absolute Gasteiger partial charge is 0.257 e. The van der Waals surface area contributed by atoms with E-state index in [9.17, 15) is 18.8 Å². The molecule has 3 N–H and O–H groups in total. The minimum Gasteiger partial charge on any atom is -0.496 e. The van der Waals surface area contributed by atoms with Crippen LogP contribution in [0, 0.1) is 11.7 Å². The molecule has 1 aromatic heterocycles.